The van der Waals surface area contributed by atoms with Crippen LogP contribution in [-0.4, -0.2) is 27.4 Å². The number of nitrogens with zero attached hydrogens (tertiary/aromatic N) is 2. The van der Waals surface area contributed by atoms with Gasteiger partial charge < -0.3 is 4.52 Å². The largest absolute Gasteiger partial charge is 0.338 e. The van der Waals surface area contributed by atoms with Crippen LogP contribution < -0.4 is 0 Å². The summed E-state index contributed by atoms with van der Waals surface area (Å²) >= 11 is 5.01. The second-order valence-electron chi connectivity index (χ2n) is 4.00. The minimum atomic E-state index is -0.233. The number of halogens is 1. The molecule has 92 valence electrons. The summed E-state index contributed by atoms with van der Waals surface area (Å²) in [5, 5.41) is 3.94. The molecule has 0 bridgehead atoms. The van der Waals surface area contributed by atoms with Crippen LogP contribution in [0, 0.1) is 0 Å². The molecule has 1 unspecified atom stereocenters. The lowest BCUT2D eigenvalue weighted by molar-refractivity contribution is -0.117. The highest BCUT2D eigenvalue weighted by Crippen LogP contribution is 2.30. The van der Waals surface area contributed by atoms with Gasteiger partial charge in [0.15, 0.2) is 5.78 Å². The van der Waals surface area contributed by atoms with Crippen molar-refractivity contribution in [2.24, 2.45) is 0 Å². The van der Waals surface area contributed by atoms with Gasteiger partial charge in [0.05, 0.1) is 5.75 Å². The third kappa shape index (κ3) is 2.22. The number of carbonyl (C=O) groups is 1. The fourth-order valence-corrected chi connectivity index (χ4v) is 3.29. The first kappa shape index (κ1) is 11.9. The molecule has 0 N–H and O–H groups in total. The maximum absolute atomic E-state index is 11.6. The lowest BCUT2D eigenvalue weighted by atomic mass is 10.1. The number of Topliss-reactive ketones (excluding diaryl/α,β-unsaturated/α-hetero) is 1. The molecule has 3 rings (SSSR count). The van der Waals surface area contributed by atoms with Crippen LogP contribution in [0.1, 0.15) is 11.8 Å². The van der Waals surface area contributed by atoms with E-state index in [0.717, 1.165) is 15.8 Å². The SMILES string of the molecule is O=C1CSCC1c1nc(-c2cccc(Br)c2)no1. The van der Waals surface area contributed by atoms with Gasteiger partial charge in [-0.1, -0.05) is 33.2 Å². The van der Waals surface area contributed by atoms with Crippen molar-refractivity contribution in [1.82, 2.24) is 10.1 Å². The standard InChI is InChI=1S/C12H9BrN2O2S/c13-8-3-1-2-7(4-8)11-14-12(17-15-11)9-5-18-6-10(9)16/h1-4,9H,5-6H2. The smallest absolute Gasteiger partial charge is 0.238 e. The Morgan fingerprint density at radius 3 is 3.06 bits per heavy atom. The van der Waals surface area contributed by atoms with Crippen LogP contribution >= 0.6 is 27.7 Å². The fraction of sp³-hybridized carbons (Fsp3) is 0.250. The lowest BCUT2D eigenvalue weighted by Gasteiger charge is -1.97. The van der Waals surface area contributed by atoms with E-state index in [1.807, 2.05) is 24.3 Å². The molecule has 1 fully saturated rings. The first-order chi connectivity index (χ1) is 8.74. The van der Waals surface area contributed by atoms with Gasteiger partial charge in [0.1, 0.15) is 5.92 Å². The summed E-state index contributed by atoms with van der Waals surface area (Å²) in [5.41, 5.74) is 0.873. The van der Waals surface area contributed by atoms with E-state index in [-0.39, 0.29) is 11.7 Å². The summed E-state index contributed by atoms with van der Waals surface area (Å²) in [5.74, 6) is 2.17. The van der Waals surface area contributed by atoms with E-state index >= 15 is 0 Å². The Labute approximate surface area is 116 Å². The Hall–Kier alpha value is -1.14. The van der Waals surface area contributed by atoms with Crippen LogP contribution in [0.3, 0.4) is 0 Å². The topological polar surface area (TPSA) is 56.0 Å². The van der Waals surface area contributed by atoms with Gasteiger partial charge in [-0.05, 0) is 12.1 Å². The van der Waals surface area contributed by atoms with Crippen molar-refractivity contribution in [1.29, 1.82) is 0 Å². The van der Waals surface area contributed by atoms with Gasteiger partial charge in [0.2, 0.25) is 11.7 Å². The van der Waals surface area contributed by atoms with Crippen molar-refractivity contribution in [3.8, 4) is 11.4 Å². The van der Waals surface area contributed by atoms with E-state index in [1.165, 1.54) is 0 Å². The zero-order chi connectivity index (χ0) is 12.5. The Bertz CT molecular complexity index is 599. The van der Waals surface area contributed by atoms with Gasteiger partial charge in [-0.2, -0.15) is 16.7 Å². The molecule has 1 saturated heterocycles. The molecule has 0 aliphatic carbocycles. The zero-order valence-electron chi connectivity index (χ0n) is 9.30. The molecule has 0 radical (unpaired) electrons. The zero-order valence-corrected chi connectivity index (χ0v) is 11.7. The molecule has 0 spiro atoms. The van der Waals surface area contributed by atoms with Gasteiger partial charge in [0, 0.05) is 15.8 Å². The highest BCUT2D eigenvalue weighted by atomic mass is 79.9. The monoisotopic (exact) mass is 324 g/mol. The molecule has 1 aromatic carbocycles. The molecule has 1 aliphatic rings. The Morgan fingerprint density at radius 1 is 1.44 bits per heavy atom. The lowest BCUT2D eigenvalue weighted by Crippen LogP contribution is -2.09. The summed E-state index contributed by atoms with van der Waals surface area (Å²) in [7, 11) is 0. The van der Waals surface area contributed by atoms with E-state index in [0.29, 0.717) is 17.5 Å². The van der Waals surface area contributed by atoms with E-state index in [4.69, 9.17) is 4.52 Å². The van der Waals surface area contributed by atoms with Gasteiger partial charge in [-0.25, -0.2) is 0 Å². The van der Waals surface area contributed by atoms with Gasteiger partial charge in [0.25, 0.3) is 0 Å². The number of carbonyl (C=O) groups excluding carboxylic acids is 1. The van der Waals surface area contributed by atoms with E-state index < -0.39 is 0 Å². The average Bonchev–Trinajstić information content (AvgIpc) is 2.97. The maximum Gasteiger partial charge on any atom is 0.238 e. The number of aromatic nitrogens is 2. The molecular formula is C12H9BrN2O2S. The summed E-state index contributed by atoms with van der Waals surface area (Å²) in [6, 6.07) is 7.66. The first-order valence-corrected chi connectivity index (χ1v) is 7.39. The average molecular weight is 325 g/mol. The molecule has 2 heterocycles. The van der Waals surface area contributed by atoms with Crippen LogP contribution in [0.15, 0.2) is 33.3 Å². The summed E-state index contributed by atoms with van der Waals surface area (Å²) in [6.45, 7) is 0. The van der Waals surface area contributed by atoms with E-state index in [9.17, 15) is 4.79 Å². The molecule has 0 amide bonds. The van der Waals surface area contributed by atoms with Crippen molar-refractivity contribution in [2.75, 3.05) is 11.5 Å². The Morgan fingerprint density at radius 2 is 2.33 bits per heavy atom. The Balaban J connectivity index is 1.92. The van der Waals surface area contributed by atoms with Crippen LogP contribution in [0.4, 0.5) is 0 Å². The molecule has 6 heteroatoms. The fourth-order valence-electron chi connectivity index (χ4n) is 1.80. The number of benzene rings is 1. The molecule has 0 saturated carbocycles. The molecule has 18 heavy (non-hydrogen) atoms. The second kappa shape index (κ2) is 4.85. The van der Waals surface area contributed by atoms with Crippen molar-refractivity contribution >= 4 is 33.5 Å². The van der Waals surface area contributed by atoms with Gasteiger partial charge >= 0.3 is 0 Å². The third-order valence-corrected chi connectivity index (χ3v) is 4.29. The highest BCUT2D eigenvalue weighted by molar-refractivity contribution is 9.10. The van der Waals surface area contributed by atoms with Crippen LogP contribution in [0.25, 0.3) is 11.4 Å². The molecule has 2 aromatic rings. The second-order valence-corrected chi connectivity index (χ2v) is 5.95. The molecule has 1 aliphatic heterocycles. The van der Waals surface area contributed by atoms with Crippen molar-refractivity contribution in [3.63, 3.8) is 0 Å². The van der Waals surface area contributed by atoms with E-state index in [1.54, 1.807) is 11.8 Å². The van der Waals surface area contributed by atoms with Crippen LogP contribution in [0.5, 0.6) is 0 Å². The minimum Gasteiger partial charge on any atom is -0.338 e. The molecule has 1 aromatic heterocycles. The van der Waals surface area contributed by atoms with Crippen molar-refractivity contribution in [3.05, 3.63) is 34.6 Å². The number of hydrogen-bond acceptors (Lipinski definition) is 5. The molecule has 4 nitrogen and oxygen atoms in total. The van der Waals surface area contributed by atoms with Gasteiger partial charge in [-0.3, -0.25) is 4.79 Å². The summed E-state index contributed by atoms with van der Waals surface area (Å²) in [4.78, 5) is 15.9. The summed E-state index contributed by atoms with van der Waals surface area (Å²) in [6.07, 6.45) is 0. The number of thioether (sulfide) groups is 1. The summed E-state index contributed by atoms with van der Waals surface area (Å²) < 4.78 is 6.16. The Kier molecular flexibility index (Phi) is 3.22. The quantitative estimate of drug-likeness (QED) is 0.850. The maximum atomic E-state index is 11.6. The van der Waals surface area contributed by atoms with Crippen molar-refractivity contribution < 1.29 is 9.32 Å². The highest BCUT2D eigenvalue weighted by Gasteiger charge is 2.31. The first-order valence-electron chi connectivity index (χ1n) is 5.44. The van der Waals surface area contributed by atoms with Crippen molar-refractivity contribution in [2.45, 2.75) is 5.92 Å². The van der Waals surface area contributed by atoms with E-state index in [2.05, 4.69) is 26.1 Å². The number of hydrogen-bond donors (Lipinski definition) is 0. The van der Waals surface area contributed by atoms with Gasteiger partial charge in [-0.15, -0.1) is 0 Å². The normalized spacial score (nSPS) is 19.4. The predicted octanol–water partition coefficient (Wildman–Crippen LogP) is 2.90. The number of rotatable bonds is 2. The molecule has 1 atom stereocenters. The third-order valence-electron chi connectivity index (χ3n) is 2.74. The predicted molar refractivity (Wildman–Crippen MR) is 72.5 cm³/mol. The van der Waals surface area contributed by atoms with Crippen LogP contribution in [-0.2, 0) is 4.79 Å². The molecular weight excluding hydrogens is 316 g/mol. The van der Waals surface area contributed by atoms with Crippen LogP contribution in [0.2, 0.25) is 0 Å². The number of ketones is 1. The minimum absolute atomic E-state index is 0.171.